The van der Waals surface area contributed by atoms with E-state index in [4.69, 9.17) is 0 Å². The molecule has 4 heteroatoms. The predicted molar refractivity (Wildman–Crippen MR) is 80.3 cm³/mol. The van der Waals surface area contributed by atoms with E-state index in [1.807, 2.05) is 13.0 Å². The number of fused-ring (bicyclic) bond motifs is 1. The summed E-state index contributed by atoms with van der Waals surface area (Å²) in [4.78, 5) is 20.4. The minimum Gasteiger partial charge on any atom is -0.507 e. The number of rotatable bonds is 2. The van der Waals surface area contributed by atoms with Gasteiger partial charge in [-0.1, -0.05) is 13.3 Å². The Morgan fingerprint density at radius 3 is 2.67 bits per heavy atom. The van der Waals surface area contributed by atoms with E-state index in [1.165, 1.54) is 6.33 Å². The highest BCUT2D eigenvalue weighted by atomic mass is 16.3. The van der Waals surface area contributed by atoms with Crippen LogP contribution in [0.15, 0.2) is 24.8 Å². The molecule has 2 aromatic rings. The van der Waals surface area contributed by atoms with E-state index in [9.17, 15) is 9.90 Å². The summed E-state index contributed by atoms with van der Waals surface area (Å²) in [5.74, 6) is 0.501. The Bertz CT molecular complexity index is 696. The number of aromatic nitrogens is 2. The van der Waals surface area contributed by atoms with Crippen molar-refractivity contribution in [1.29, 1.82) is 0 Å². The lowest BCUT2D eigenvalue weighted by Gasteiger charge is -2.26. The molecule has 21 heavy (non-hydrogen) atoms. The molecule has 1 aromatic heterocycles. The minimum atomic E-state index is 0.0439. The molecule has 1 aliphatic carbocycles. The molecular formula is C17H18N2O2. The van der Waals surface area contributed by atoms with E-state index < -0.39 is 0 Å². The van der Waals surface area contributed by atoms with Crippen molar-refractivity contribution in [3.8, 4) is 16.9 Å². The number of Topliss-reactive ketones (excluding diaryl/α,β-unsaturated/α-hetero) is 1. The number of ketones is 1. The van der Waals surface area contributed by atoms with Gasteiger partial charge in [-0.3, -0.25) is 4.79 Å². The third kappa shape index (κ3) is 2.31. The highest BCUT2D eigenvalue weighted by Gasteiger charge is 2.29. The van der Waals surface area contributed by atoms with Gasteiger partial charge in [0.25, 0.3) is 0 Å². The molecule has 0 bridgehead atoms. The number of carbonyl (C=O) groups is 1. The van der Waals surface area contributed by atoms with Crippen molar-refractivity contribution < 1.29 is 9.90 Å². The zero-order valence-electron chi connectivity index (χ0n) is 12.3. The maximum atomic E-state index is 12.4. The maximum Gasteiger partial charge on any atom is 0.167 e. The lowest BCUT2D eigenvalue weighted by atomic mass is 9.78. The molecule has 1 N–H and O–H groups in total. The number of nitrogens with zero attached hydrogens (tertiary/aromatic N) is 2. The standard InChI is InChI=1S/C17H18N2O2/c1-3-11-5-13-10(2)4-14(12-7-18-9-19-8-12)17(21)16(13)15(20)6-11/h4,7-9,11,21H,3,5-6H2,1-2H3/t11-/m1/s1. The second-order valence-corrected chi connectivity index (χ2v) is 5.68. The normalized spacial score (nSPS) is 17.6. The molecule has 1 heterocycles. The van der Waals surface area contributed by atoms with Crippen molar-refractivity contribution in [3.05, 3.63) is 41.5 Å². The van der Waals surface area contributed by atoms with Gasteiger partial charge in [-0.15, -0.1) is 0 Å². The molecule has 0 radical (unpaired) electrons. The Hall–Kier alpha value is -2.23. The summed E-state index contributed by atoms with van der Waals surface area (Å²) in [6.45, 7) is 4.10. The van der Waals surface area contributed by atoms with Gasteiger partial charge in [-0.05, 0) is 36.5 Å². The van der Waals surface area contributed by atoms with Gasteiger partial charge in [0.2, 0.25) is 0 Å². The van der Waals surface area contributed by atoms with E-state index in [1.54, 1.807) is 12.4 Å². The van der Waals surface area contributed by atoms with Crippen LogP contribution in [0.5, 0.6) is 5.75 Å². The van der Waals surface area contributed by atoms with Gasteiger partial charge >= 0.3 is 0 Å². The van der Waals surface area contributed by atoms with Crippen LogP contribution in [0.25, 0.3) is 11.1 Å². The number of phenols is 1. The van der Waals surface area contributed by atoms with Gasteiger partial charge in [-0.2, -0.15) is 0 Å². The van der Waals surface area contributed by atoms with Gasteiger partial charge in [0, 0.05) is 29.9 Å². The summed E-state index contributed by atoms with van der Waals surface area (Å²) in [6.07, 6.45) is 7.11. The van der Waals surface area contributed by atoms with Crippen LogP contribution in [0, 0.1) is 12.8 Å². The number of aromatic hydroxyl groups is 1. The van der Waals surface area contributed by atoms with Crippen molar-refractivity contribution in [2.24, 2.45) is 5.92 Å². The minimum absolute atomic E-state index is 0.0439. The molecule has 4 nitrogen and oxygen atoms in total. The first-order chi connectivity index (χ1) is 10.1. The molecule has 0 saturated heterocycles. The first kappa shape index (κ1) is 13.7. The van der Waals surface area contributed by atoms with E-state index in [2.05, 4.69) is 16.9 Å². The summed E-state index contributed by atoms with van der Waals surface area (Å²) >= 11 is 0. The zero-order valence-corrected chi connectivity index (χ0v) is 12.3. The van der Waals surface area contributed by atoms with Crippen molar-refractivity contribution in [2.45, 2.75) is 33.1 Å². The van der Waals surface area contributed by atoms with E-state index in [0.717, 1.165) is 29.5 Å². The quantitative estimate of drug-likeness (QED) is 0.917. The monoisotopic (exact) mass is 282 g/mol. The van der Waals surface area contributed by atoms with Crippen molar-refractivity contribution in [3.63, 3.8) is 0 Å². The highest BCUT2D eigenvalue weighted by Crippen LogP contribution is 2.40. The van der Waals surface area contributed by atoms with Crippen LogP contribution in [-0.2, 0) is 6.42 Å². The molecule has 1 aliphatic rings. The Balaban J connectivity index is 2.19. The lowest BCUT2D eigenvalue weighted by Crippen LogP contribution is -2.21. The molecule has 0 spiro atoms. The molecule has 0 unspecified atom stereocenters. The number of carbonyl (C=O) groups excluding carboxylic acids is 1. The van der Waals surface area contributed by atoms with Crippen LogP contribution in [0.2, 0.25) is 0 Å². The van der Waals surface area contributed by atoms with Crippen LogP contribution < -0.4 is 0 Å². The third-order valence-electron chi connectivity index (χ3n) is 4.33. The third-order valence-corrected chi connectivity index (χ3v) is 4.33. The predicted octanol–water partition coefficient (Wildman–Crippen LogP) is 3.31. The first-order valence-electron chi connectivity index (χ1n) is 7.25. The molecule has 1 aromatic carbocycles. The summed E-state index contributed by atoms with van der Waals surface area (Å²) in [7, 11) is 0. The van der Waals surface area contributed by atoms with Crippen LogP contribution in [0.1, 0.15) is 41.3 Å². The molecule has 108 valence electrons. The molecule has 0 amide bonds. The molecule has 0 saturated carbocycles. The summed E-state index contributed by atoms with van der Waals surface area (Å²) < 4.78 is 0. The summed E-state index contributed by atoms with van der Waals surface area (Å²) in [6, 6.07) is 1.93. The maximum absolute atomic E-state index is 12.4. The van der Waals surface area contributed by atoms with Crippen LogP contribution in [-0.4, -0.2) is 20.9 Å². The van der Waals surface area contributed by atoms with Crippen molar-refractivity contribution in [1.82, 2.24) is 9.97 Å². The van der Waals surface area contributed by atoms with Gasteiger partial charge in [0.1, 0.15) is 12.1 Å². The molecular weight excluding hydrogens is 264 g/mol. The summed E-state index contributed by atoms with van der Waals surface area (Å²) in [5.41, 5.74) is 3.91. The molecule has 0 aliphatic heterocycles. The Kier molecular flexibility index (Phi) is 3.45. The van der Waals surface area contributed by atoms with Gasteiger partial charge in [-0.25, -0.2) is 9.97 Å². The smallest absolute Gasteiger partial charge is 0.167 e. The number of benzene rings is 1. The van der Waals surface area contributed by atoms with Gasteiger partial charge < -0.3 is 5.11 Å². The van der Waals surface area contributed by atoms with Gasteiger partial charge in [0.05, 0.1) is 5.56 Å². The second kappa shape index (κ2) is 5.28. The average Bonchev–Trinajstić information content (AvgIpc) is 2.51. The van der Waals surface area contributed by atoms with Crippen molar-refractivity contribution in [2.75, 3.05) is 0 Å². The van der Waals surface area contributed by atoms with E-state index in [-0.39, 0.29) is 11.5 Å². The van der Waals surface area contributed by atoms with Crippen LogP contribution in [0.4, 0.5) is 0 Å². The summed E-state index contributed by atoms with van der Waals surface area (Å²) in [5, 5.41) is 10.6. The largest absolute Gasteiger partial charge is 0.507 e. The second-order valence-electron chi connectivity index (χ2n) is 5.68. The molecule has 3 rings (SSSR count). The fraction of sp³-hybridized carbons (Fsp3) is 0.353. The SMILES string of the molecule is CC[C@H]1CC(=O)c2c(O)c(-c3cncnc3)cc(C)c2C1. The fourth-order valence-electron chi connectivity index (χ4n) is 3.08. The topological polar surface area (TPSA) is 63.1 Å². The van der Waals surface area contributed by atoms with Crippen LogP contribution in [0.3, 0.4) is 0 Å². The fourth-order valence-corrected chi connectivity index (χ4v) is 3.08. The van der Waals surface area contributed by atoms with Crippen LogP contribution >= 0.6 is 0 Å². The Labute approximate surface area is 123 Å². The first-order valence-corrected chi connectivity index (χ1v) is 7.25. The zero-order chi connectivity index (χ0) is 15.0. The van der Waals surface area contributed by atoms with Gasteiger partial charge in [0.15, 0.2) is 5.78 Å². The molecule has 0 fully saturated rings. The number of hydrogen-bond donors (Lipinski definition) is 1. The average molecular weight is 282 g/mol. The number of aryl methyl sites for hydroxylation is 1. The molecule has 1 atom stereocenters. The van der Waals surface area contributed by atoms with E-state index in [0.29, 0.717) is 23.5 Å². The number of hydrogen-bond acceptors (Lipinski definition) is 4. The lowest BCUT2D eigenvalue weighted by molar-refractivity contribution is 0.0944. The van der Waals surface area contributed by atoms with Crippen molar-refractivity contribution >= 4 is 5.78 Å². The highest BCUT2D eigenvalue weighted by molar-refractivity contribution is 6.03. The Morgan fingerprint density at radius 2 is 2.00 bits per heavy atom. The number of phenolic OH excluding ortho intramolecular Hbond substituents is 1. The van der Waals surface area contributed by atoms with E-state index >= 15 is 0 Å². The Morgan fingerprint density at radius 1 is 1.29 bits per heavy atom.